The molecule has 0 unspecified atom stereocenters. The van der Waals surface area contributed by atoms with Gasteiger partial charge in [0.1, 0.15) is 6.54 Å². The monoisotopic (exact) mass is 358 g/mol. The highest BCUT2D eigenvalue weighted by molar-refractivity contribution is 6.42. The van der Waals surface area contributed by atoms with E-state index in [0.717, 1.165) is 12.8 Å². The minimum absolute atomic E-state index is 0.216. The Bertz CT molecular complexity index is 615. The van der Waals surface area contributed by atoms with Gasteiger partial charge in [-0.3, -0.25) is 14.4 Å². The molecule has 0 aromatic heterocycles. The van der Waals surface area contributed by atoms with E-state index in [0.29, 0.717) is 18.1 Å². The molecular weight excluding hydrogens is 343 g/mol. The molecule has 0 aliphatic carbocycles. The Morgan fingerprint density at radius 3 is 2.48 bits per heavy atom. The molecule has 6 nitrogen and oxygen atoms in total. The molecule has 1 heterocycles. The molecule has 8 heteroatoms. The van der Waals surface area contributed by atoms with Gasteiger partial charge in [-0.1, -0.05) is 23.2 Å². The van der Waals surface area contributed by atoms with Crippen LogP contribution in [0.3, 0.4) is 0 Å². The summed E-state index contributed by atoms with van der Waals surface area (Å²) in [6, 6.07) is 4.39. The second kappa shape index (κ2) is 8.17. The van der Waals surface area contributed by atoms with Gasteiger partial charge in [-0.05, 0) is 31.0 Å². The fourth-order valence-electron chi connectivity index (χ4n) is 2.14. The Balaban J connectivity index is 1.74. The number of rotatable bonds is 5. The molecule has 1 aliphatic heterocycles. The fraction of sp³-hybridized carbons (Fsp3) is 0.400. The van der Waals surface area contributed by atoms with E-state index in [2.05, 4.69) is 5.32 Å². The Labute approximate surface area is 143 Å². The van der Waals surface area contributed by atoms with Crippen LogP contribution < -0.4 is 5.32 Å². The van der Waals surface area contributed by atoms with Gasteiger partial charge in [-0.2, -0.15) is 0 Å². The second-order valence-electron chi connectivity index (χ2n) is 5.06. The number of hydrogen-bond donors (Lipinski definition) is 1. The van der Waals surface area contributed by atoms with Gasteiger partial charge in [0, 0.05) is 18.7 Å². The Morgan fingerprint density at radius 2 is 1.83 bits per heavy atom. The van der Waals surface area contributed by atoms with E-state index in [9.17, 15) is 14.4 Å². The van der Waals surface area contributed by atoms with Crippen molar-refractivity contribution in [2.45, 2.75) is 12.8 Å². The van der Waals surface area contributed by atoms with E-state index < -0.39 is 11.9 Å². The molecule has 1 saturated heterocycles. The van der Waals surface area contributed by atoms with E-state index in [1.807, 2.05) is 0 Å². The molecule has 1 N–H and O–H groups in total. The van der Waals surface area contributed by atoms with Crippen LogP contribution in [0.25, 0.3) is 0 Å². The third-order valence-corrected chi connectivity index (χ3v) is 4.13. The third kappa shape index (κ3) is 5.11. The van der Waals surface area contributed by atoms with E-state index >= 15 is 0 Å². The van der Waals surface area contributed by atoms with Crippen molar-refractivity contribution in [1.82, 2.24) is 10.2 Å². The van der Waals surface area contributed by atoms with Crippen LogP contribution in [0.2, 0.25) is 10.0 Å². The number of likely N-dealkylation sites (tertiary alicyclic amines) is 1. The fourth-order valence-corrected chi connectivity index (χ4v) is 2.44. The third-order valence-electron chi connectivity index (χ3n) is 3.39. The minimum atomic E-state index is -0.675. The van der Waals surface area contributed by atoms with Crippen molar-refractivity contribution in [3.05, 3.63) is 33.8 Å². The first kappa shape index (κ1) is 17.6. The van der Waals surface area contributed by atoms with Gasteiger partial charge in [0.25, 0.3) is 11.8 Å². The van der Waals surface area contributed by atoms with Gasteiger partial charge >= 0.3 is 5.97 Å². The topological polar surface area (TPSA) is 75.7 Å². The number of esters is 1. The quantitative estimate of drug-likeness (QED) is 0.815. The van der Waals surface area contributed by atoms with Crippen molar-refractivity contribution in [2.24, 2.45) is 0 Å². The maximum Gasteiger partial charge on any atom is 0.325 e. The first-order valence-electron chi connectivity index (χ1n) is 7.14. The minimum Gasteiger partial charge on any atom is -0.454 e. The van der Waals surface area contributed by atoms with Crippen LogP contribution in [-0.4, -0.2) is 48.9 Å². The predicted octanol–water partition coefficient (Wildman–Crippen LogP) is 1.89. The molecule has 2 rings (SSSR count). The Hall–Kier alpha value is -1.79. The molecule has 0 saturated carbocycles. The average Bonchev–Trinajstić information content (AvgIpc) is 3.07. The Kier molecular flexibility index (Phi) is 6.24. The number of ether oxygens (including phenoxy) is 1. The number of nitrogens with one attached hydrogen (secondary N) is 1. The van der Waals surface area contributed by atoms with Crippen LogP contribution in [0.15, 0.2) is 18.2 Å². The largest absolute Gasteiger partial charge is 0.454 e. The lowest BCUT2D eigenvalue weighted by Gasteiger charge is -2.15. The summed E-state index contributed by atoms with van der Waals surface area (Å²) in [7, 11) is 0. The summed E-state index contributed by atoms with van der Waals surface area (Å²) in [6.07, 6.45) is 1.94. The number of carbonyl (C=O) groups is 3. The zero-order chi connectivity index (χ0) is 16.8. The molecule has 1 aromatic carbocycles. The van der Waals surface area contributed by atoms with Crippen LogP contribution in [-0.2, 0) is 14.3 Å². The normalized spacial score (nSPS) is 13.7. The molecule has 23 heavy (non-hydrogen) atoms. The van der Waals surface area contributed by atoms with Crippen LogP contribution in [0.1, 0.15) is 23.2 Å². The standard InChI is InChI=1S/C15H16Cl2N2O4/c16-11-4-3-10(7-12(11)17)15(22)18-8-14(21)23-9-13(20)19-5-1-2-6-19/h3-4,7H,1-2,5-6,8-9H2,(H,18,22). The molecule has 0 spiro atoms. The summed E-state index contributed by atoms with van der Waals surface area (Å²) in [5.41, 5.74) is 0.278. The molecule has 0 radical (unpaired) electrons. The van der Waals surface area contributed by atoms with E-state index in [4.69, 9.17) is 27.9 Å². The summed E-state index contributed by atoms with van der Waals surface area (Å²) in [5, 5.41) is 2.98. The van der Waals surface area contributed by atoms with E-state index in [1.54, 1.807) is 4.90 Å². The maximum absolute atomic E-state index is 11.9. The van der Waals surface area contributed by atoms with Crippen molar-refractivity contribution < 1.29 is 19.1 Å². The van der Waals surface area contributed by atoms with E-state index in [1.165, 1.54) is 18.2 Å². The summed E-state index contributed by atoms with van der Waals surface area (Å²) >= 11 is 11.6. The first-order valence-corrected chi connectivity index (χ1v) is 7.89. The molecule has 1 aromatic rings. The van der Waals surface area contributed by atoms with Gasteiger partial charge in [0.05, 0.1) is 10.0 Å². The molecule has 1 aliphatic rings. The van der Waals surface area contributed by atoms with Crippen LogP contribution in [0.4, 0.5) is 0 Å². The number of nitrogens with zero attached hydrogens (tertiary/aromatic N) is 1. The highest BCUT2D eigenvalue weighted by atomic mass is 35.5. The summed E-state index contributed by atoms with van der Waals surface area (Å²) in [6.45, 7) is 0.767. The zero-order valence-electron chi connectivity index (χ0n) is 12.3. The number of amides is 2. The SMILES string of the molecule is O=C(CNC(=O)c1ccc(Cl)c(Cl)c1)OCC(=O)N1CCCC1. The lowest BCUT2D eigenvalue weighted by atomic mass is 10.2. The second-order valence-corrected chi connectivity index (χ2v) is 5.87. The predicted molar refractivity (Wildman–Crippen MR) is 85.6 cm³/mol. The molecule has 0 atom stereocenters. The highest BCUT2D eigenvalue weighted by Gasteiger charge is 2.19. The zero-order valence-corrected chi connectivity index (χ0v) is 13.8. The highest BCUT2D eigenvalue weighted by Crippen LogP contribution is 2.22. The van der Waals surface area contributed by atoms with Crippen molar-refractivity contribution in [3.63, 3.8) is 0 Å². The number of benzene rings is 1. The first-order chi connectivity index (χ1) is 11.0. The van der Waals surface area contributed by atoms with Gasteiger partial charge in [0.2, 0.25) is 0 Å². The molecule has 2 amide bonds. The lowest BCUT2D eigenvalue weighted by molar-refractivity contribution is -0.150. The van der Waals surface area contributed by atoms with Crippen molar-refractivity contribution in [1.29, 1.82) is 0 Å². The van der Waals surface area contributed by atoms with Gasteiger partial charge in [-0.25, -0.2) is 0 Å². The number of halogens is 2. The van der Waals surface area contributed by atoms with Crippen molar-refractivity contribution in [3.8, 4) is 0 Å². The van der Waals surface area contributed by atoms with E-state index in [-0.39, 0.29) is 29.6 Å². The van der Waals surface area contributed by atoms with Gasteiger partial charge in [-0.15, -0.1) is 0 Å². The molecule has 124 valence electrons. The summed E-state index contributed by atoms with van der Waals surface area (Å²) < 4.78 is 4.85. The van der Waals surface area contributed by atoms with Crippen molar-refractivity contribution in [2.75, 3.05) is 26.2 Å². The number of hydrogen-bond acceptors (Lipinski definition) is 4. The van der Waals surface area contributed by atoms with Gasteiger partial charge in [0.15, 0.2) is 6.61 Å². The summed E-state index contributed by atoms with van der Waals surface area (Å²) in [5.74, 6) is -1.37. The molecule has 1 fully saturated rings. The number of carbonyl (C=O) groups excluding carboxylic acids is 3. The van der Waals surface area contributed by atoms with Gasteiger partial charge < -0.3 is 15.0 Å². The van der Waals surface area contributed by atoms with Crippen LogP contribution in [0.5, 0.6) is 0 Å². The molecular formula is C15H16Cl2N2O4. The van der Waals surface area contributed by atoms with Crippen molar-refractivity contribution >= 4 is 41.0 Å². The van der Waals surface area contributed by atoms with Crippen LogP contribution >= 0.6 is 23.2 Å². The average molecular weight is 359 g/mol. The lowest BCUT2D eigenvalue weighted by Crippen LogP contribution is -2.35. The smallest absolute Gasteiger partial charge is 0.325 e. The van der Waals surface area contributed by atoms with Crippen LogP contribution in [0, 0.1) is 0 Å². The Morgan fingerprint density at radius 1 is 1.13 bits per heavy atom. The maximum atomic E-state index is 11.9. The summed E-state index contributed by atoms with van der Waals surface area (Å²) in [4.78, 5) is 36.8. The molecule has 0 bridgehead atoms.